The molecule has 1 heterocycles. The van der Waals surface area contributed by atoms with Gasteiger partial charge in [0.05, 0.1) is 30.1 Å². The molecule has 0 aliphatic heterocycles. The number of hydrogen-bond donors (Lipinski definition) is 3. The van der Waals surface area contributed by atoms with E-state index < -0.39 is 32.0 Å². The van der Waals surface area contributed by atoms with Gasteiger partial charge in [-0.3, -0.25) is 9.36 Å². The first-order valence-electron chi connectivity index (χ1n) is 11.0. The largest absolute Gasteiger partial charge is 0.481 e. The van der Waals surface area contributed by atoms with E-state index in [0.29, 0.717) is 28.3 Å². The second-order valence-electron chi connectivity index (χ2n) is 8.54. The van der Waals surface area contributed by atoms with Gasteiger partial charge < -0.3 is 15.1 Å². The molecular weight excluding hydrogens is 458 g/mol. The molecule has 9 heteroatoms. The molecule has 0 spiro atoms. The number of nitrogens with zero attached hydrogens (tertiary/aromatic N) is 2. The number of hydrogen-bond acceptors (Lipinski definition) is 5. The summed E-state index contributed by atoms with van der Waals surface area (Å²) in [6, 6.07) is 15.3. The molecule has 3 N–H and O–H groups in total. The highest BCUT2D eigenvalue weighted by Crippen LogP contribution is 2.43. The van der Waals surface area contributed by atoms with Crippen molar-refractivity contribution in [3.63, 3.8) is 0 Å². The fourth-order valence-corrected chi connectivity index (χ4v) is 5.30. The Hall–Kier alpha value is -2.93. The van der Waals surface area contributed by atoms with Gasteiger partial charge in [0.25, 0.3) is 0 Å². The van der Waals surface area contributed by atoms with Crippen molar-refractivity contribution in [1.82, 2.24) is 9.97 Å². The lowest BCUT2D eigenvalue weighted by Gasteiger charge is -2.20. The van der Waals surface area contributed by atoms with Crippen molar-refractivity contribution >= 4 is 13.3 Å². The minimum atomic E-state index is -3.84. The Morgan fingerprint density at radius 3 is 2.26 bits per heavy atom. The van der Waals surface area contributed by atoms with Gasteiger partial charge in [-0.1, -0.05) is 44.2 Å². The number of aliphatic carboxylic acids is 1. The molecule has 7 nitrogen and oxygen atoms in total. The molecule has 2 atom stereocenters. The molecule has 0 radical (unpaired) electrons. The molecule has 0 fully saturated rings. The second kappa shape index (κ2) is 11.0. The fourth-order valence-electron chi connectivity index (χ4n) is 3.76. The summed E-state index contributed by atoms with van der Waals surface area (Å²) in [7, 11) is -3.84. The Morgan fingerprint density at radius 2 is 1.68 bits per heavy atom. The van der Waals surface area contributed by atoms with Crippen LogP contribution in [-0.2, 0) is 15.8 Å². The molecule has 1 unspecified atom stereocenters. The summed E-state index contributed by atoms with van der Waals surface area (Å²) < 4.78 is 26.4. The Labute approximate surface area is 197 Å². The Bertz CT molecular complexity index is 1190. The molecule has 0 saturated carbocycles. The van der Waals surface area contributed by atoms with Crippen LogP contribution in [0.2, 0.25) is 0 Å². The van der Waals surface area contributed by atoms with Crippen LogP contribution in [0, 0.1) is 5.82 Å². The fraction of sp³-hybridized carbons (Fsp3) is 0.320. The van der Waals surface area contributed by atoms with E-state index in [1.54, 1.807) is 12.1 Å². The molecule has 3 aromatic rings. The van der Waals surface area contributed by atoms with Crippen LogP contribution < -0.4 is 0 Å². The van der Waals surface area contributed by atoms with Gasteiger partial charge in [0.2, 0.25) is 7.37 Å². The van der Waals surface area contributed by atoms with Crippen LogP contribution in [0.25, 0.3) is 22.6 Å². The molecule has 0 amide bonds. The van der Waals surface area contributed by atoms with Gasteiger partial charge in [0.15, 0.2) is 5.82 Å². The highest BCUT2D eigenvalue weighted by atomic mass is 31.2. The van der Waals surface area contributed by atoms with E-state index in [-0.39, 0.29) is 24.3 Å². The number of benzene rings is 2. The summed E-state index contributed by atoms with van der Waals surface area (Å²) in [4.78, 5) is 30.7. The number of aromatic nitrogens is 2. The molecular formula is C25H28FN2O5P. The number of carbonyl (C=O) groups is 1. The third kappa shape index (κ3) is 6.79. The lowest BCUT2D eigenvalue weighted by Crippen LogP contribution is -2.19. The molecule has 0 aliphatic rings. The summed E-state index contributed by atoms with van der Waals surface area (Å²) in [5.74, 6) is -1.16. The minimum absolute atomic E-state index is 0.0321. The number of rotatable bonds is 10. The summed E-state index contributed by atoms with van der Waals surface area (Å²) in [5, 5.41) is 18.7. The number of halogens is 1. The maximum absolute atomic E-state index is 13.6. The average Bonchev–Trinajstić information content (AvgIpc) is 2.77. The molecule has 0 saturated heterocycles. The van der Waals surface area contributed by atoms with E-state index in [9.17, 15) is 23.7 Å². The predicted molar refractivity (Wildman–Crippen MR) is 128 cm³/mol. The van der Waals surface area contributed by atoms with Crippen molar-refractivity contribution < 1.29 is 28.9 Å². The monoisotopic (exact) mass is 486 g/mol. The van der Waals surface area contributed by atoms with Crippen molar-refractivity contribution in [3.8, 4) is 22.6 Å². The number of carboxylic acids is 1. The maximum Gasteiger partial charge on any atom is 0.305 e. The summed E-state index contributed by atoms with van der Waals surface area (Å²) in [5.41, 5.74) is 3.38. The van der Waals surface area contributed by atoms with Gasteiger partial charge in [-0.05, 0) is 36.6 Å². The van der Waals surface area contributed by atoms with Crippen LogP contribution >= 0.6 is 7.37 Å². The zero-order valence-electron chi connectivity index (χ0n) is 19.1. The second-order valence-corrected chi connectivity index (χ2v) is 11.0. The van der Waals surface area contributed by atoms with Crippen molar-refractivity contribution in [3.05, 3.63) is 71.7 Å². The SMILES string of the molecule is CC(C)c1nc(-c2ccccc2)nc(-c2ccc(F)cc2)c1CCP(=O)(O)C[C@@H](O)CC(=O)O. The summed E-state index contributed by atoms with van der Waals surface area (Å²) >= 11 is 0. The Kier molecular flexibility index (Phi) is 8.31. The molecule has 1 aromatic heterocycles. The van der Waals surface area contributed by atoms with Crippen LogP contribution in [-0.4, -0.2) is 49.5 Å². The van der Waals surface area contributed by atoms with Crippen molar-refractivity contribution in [2.75, 3.05) is 12.3 Å². The zero-order valence-corrected chi connectivity index (χ0v) is 20.0. The molecule has 180 valence electrons. The van der Waals surface area contributed by atoms with Crippen molar-refractivity contribution in [2.24, 2.45) is 0 Å². The first-order chi connectivity index (χ1) is 16.1. The van der Waals surface area contributed by atoms with Crippen LogP contribution in [0.15, 0.2) is 54.6 Å². The zero-order chi connectivity index (χ0) is 24.9. The van der Waals surface area contributed by atoms with E-state index in [0.717, 1.165) is 5.56 Å². The van der Waals surface area contributed by atoms with Crippen molar-refractivity contribution in [1.29, 1.82) is 0 Å². The lowest BCUT2D eigenvalue weighted by molar-refractivity contribution is -0.138. The van der Waals surface area contributed by atoms with Crippen LogP contribution in [0.4, 0.5) is 4.39 Å². The topological polar surface area (TPSA) is 121 Å². The van der Waals surface area contributed by atoms with E-state index in [1.807, 2.05) is 44.2 Å². The van der Waals surface area contributed by atoms with Gasteiger partial charge in [-0.15, -0.1) is 0 Å². The quantitative estimate of drug-likeness (QED) is 0.355. The Morgan fingerprint density at radius 1 is 1.03 bits per heavy atom. The number of carboxylic acid groups (broad SMARTS) is 1. The molecule has 0 bridgehead atoms. The summed E-state index contributed by atoms with van der Waals surface area (Å²) in [6.07, 6.45) is -2.55. The summed E-state index contributed by atoms with van der Waals surface area (Å²) in [6.45, 7) is 3.92. The standard InChI is InChI=1S/C25H28FN2O5P/c1-16(2)23-21(12-13-34(32,33)15-20(29)14-22(30)31)24(17-8-10-19(26)11-9-17)28-25(27-23)18-6-4-3-5-7-18/h3-11,16,20,29H,12-15H2,1-2H3,(H,30,31)(H,32,33)/t20-/m0/s1. The lowest BCUT2D eigenvalue weighted by atomic mass is 9.96. The number of aliphatic hydroxyl groups excluding tert-OH is 1. The third-order valence-corrected chi connectivity index (χ3v) is 7.27. The Balaban J connectivity index is 2.04. The predicted octanol–water partition coefficient (Wildman–Crippen LogP) is 4.72. The third-order valence-electron chi connectivity index (χ3n) is 5.35. The average molecular weight is 486 g/mol. The molecule has 3 rings (SSSR count). The highest BCUT2D eigenvalue weighted by molar-refractivity contribution is 7.58. The molecule has 0 aliphatic carbocycles. The first kappa shape index (κ1) is 25.7. The van der Waals surface area contributed by atoms with Crippen LogP contribution in [0.1, 0.15) is 37.4 Å². The van der Waals surface area contributed by atoms with Gasteiger partial charge in [-0.25, -0.2) is 14.4 Å². The van der Waals surface area contributed by atoms with E-state index in [2.05, 4.69) is 0 Å². The number of aliphatic hydroxyl groups is 1. The van der Waals surface area contributed by atoms with Gasteiger partial charge >= 0.3 is 5.97 Å². The maximum atomic E-state index is 13.6. The van der Waals surface area contributed by atoms with E-state index in [4.69, 9.17) is 15.1 Å². The first-order valence-corrected chi connectivity index (χ1v) is 13.0. The van der Waals surface area contributed by atoms with Crippen LogP contribution in [0.5, 0.6) is 0 Å². The van der Waals surface area contributed by atoms with Crippen molar-refractivity contribution in [2.45, 2.75) is 38.7 Å². The van der Waals surface area contributed by atoms with Gasteiger partial charge in [0.1, 0.15) is 5.82 Å². The highest BCUT2D eigenvalue weighted by Gasteiger charge is 2.27. The minimum Gasteiger partial charge on any atom is -0.481 e. The van der Waals surface area contributed by atoms with Gasteiger partial charge in [0, 0.05) is 22.9 Å². The molecule has 2 aromatic carbocycles. The van der Waals surface area contributed by atoms with Gasteiger partial charge in [-0.2, -0.15) is 0 Å². The normalized spacial score (nSPS) is 14.1. The van der Waals surface area contributed by atoms with E-state index >= 15 is 0 Å². The van der Waals surface area contributed by atoms with Crippen LogP contribution in [0.3, 0.4) is 0 Å². The smallest absolute Gasteiger partial charge is 0.305 e. The van der Waals surface area contributed by atoms with E-state index in [1.165, 1.54) is 12.1 Å². The molecule has 34 heavy (non-hydrogen) atoms.